The molecule has 1 saturated heterocycles. The third-order valence-corrected chi connectivity index (χ3v) is 8.17. The SMILES string of the molecule is CC1CCN(S(=O)(=O)c2ccc(NC(=S)NC(c3ccccc3)c3ccccc3)cc2)CC1. The Balaban J connectivity index is 1.45. The number of nitrogens with one attached hydrogen (secondary N) is 2. The van der Waals surface area contributed by atoms with E-state index in [0.29, 0.717) is 29.0 Å². The van der Waals surface area contributed by atoms with Crippen molar-refractivity contribution in [2.75, 3.05) is 18.4 Å². The Kier molecular flexibility index (Phi) is 7.42. The van der Waals surface area contributed by atoms with Gasteiger partial charge in [0.2, 0.25) is 10.0 Å². The first kappa shape index (κ1) is 23.4. The summed E-state index contributed by atoms with van der Waals surface area (Å²) in [6.45, 7) is 3.33. The zero-order valence-electron chi connectivity index (χ0n) is 18.6. The van der Waals surface area contributed by atoms with Gasteiger partial charge in [0.1, 0.15) is 0 Å². The number of hydrogen-bond donors (Lipinski definition) is 2. The molecule has 2 N–H and O–H groups in total. The molecule has 0 radical (unpaired) electrons. The first-order valence-electron chi connectivity index (χ1n) is 11.2. The third kappa shape index (κ3) is 5.79. The van der Waals surface area contributed by atoms with Gasteiger partial charge < -0.3 is 10.6 Å². The van der Waals surface area contributed by atoms with Crippen molar-refractivity contribution in [2.45, 2.75) is 30.7 Å². The summed E-state index contributed by atoms with van der Waals surface area (Å²) in [5.41, 5.74) is 2.94. The molecule has 0 amide bonds. The zero-order chi connectivity index (χ0) is 23.3. The molecule has 0 saturated carbocycles. The van der Waals surface area contributed by atoms with Gasteiger partial charge in [0.05, 0.1) is 10.9 Å². The monoisotopic (exact) mass is 479 g/mol. The van der Waals surface area contributed by atoms with E-state index >= 15 is 0 Å². The predicted octanol–water partition coefficient (Wildman–Crippen LogP) is 5.18. The van der Waals surface area contributed by atoms with Gasteiger partial charge in [0.25, 0.3) is 0 Å². The molecule has 1 fully saturated rings. The van der Waals surface area contributed by atoms with E-state index in [1.165, 1.54) is 0 Å². The van der Waals surface area contributed by atoms with Crippen LogP contribution in [0.2, 0.25) is 0 Å². The van der Waals surface area contributed by atoms with E-state index in [9.17, 15) is 8.42 Å². The molecule has 3 aromatic rings. The Morgan fingerprint density at radius 1 is 0.879 bits per heavy atom. The van der Waals surface area contributed by atoms with Crippen LogP contribution in [0.3, 0.4) is 0 Å². The summed E-state index contributed by atoms with van der Waals surface area (Å²) in [5.74, 6) is 0.576. The van der Waals surface area contributed by atoms with E-state index in [4.69, 9.17) is 12.2 Å². The lowest BCUT2D eigenvalue weighted by molar-refractivity contribution is 0.288. The lowest BCUT2D eigenvalue weighted by atomic mass is 9.99. The summed E-state index contributed by atoms with van der Waals surface area (Å²) in [6, 6.07) is 27.0. The molecule has 0 aliphatic carbocycles. The minimum Gasteiger partial charge on any atom is -0.352 e. The molecule has 7 heteroatoms. The molecule has 0 aromatic heterocycles. The van der Waals surface area contributed by atoms with E-state index in [2.05, 4.69) is 41.8 Å². The summed E-state index contributed by atoms with van der Waals surface area (Å²) in [6.07, 6.45) is 1.81. The van der Waals surface area contributed by atoms with Crippen molar-refractivity contribution in [3.05, 3.63) is 96.1 Å². The molecular weight excluding hydrogens is 450 g/mol. The first-order valence-corrected chi connectivity index (χ1v) is 13.1. The summed E-state index contributed by atoms with van der Waals surface area (Å²) >= 11 is 5.58. The van der Waals surface area contributed by atoms with Crippen LogP contribution < -0.4 is 10.6 Å². The highest BCUT2D eigenvalue weighted by Crippen LogP contribution is 2.25. The predicted molar refractivity (Wildman–Crippen MR) is 138 cm³/mol. The number of rotatable bonds is 6. The van der Waals surface area contributed by atoms with E-state index in [1.807, 2.05) is 36.4 Å². The second-order valence-electron chi connectivity index (χ2n) is 8.46. The van der Waals surface area contributed by atoms with Crippen molar-refractivity contribution in [1.29, 1.82) is 0 Å². The highest BCUT2D eigenvalue weighted by atomic mass is 32.2. The third-order valence-electron chi connectivity index (χ3n) is 6.03. The van der Waals surface area contributed by atoms with E-state index in [0.717, 1.165) is 29.7 Å². The Labute approximate surface area is 201 Å². The van der Waals surface area contributed by atoms with Crippen molar-refractivity contribution in [3.63, 3.8) is 0 Å². The first-order chi connectivity index (χ1) is 15.9. The second-order valence-corrected chi connectivity index (χ2v) is 10.8. The number of piperidine rings is 1. The van der Waals surface area contributed by atoms with Crippen molar-refractivity contribution < 1.29 is 8.42 Å². The molecule has 0 spiro atoms. The van der Waals surface area contributed by atoms with Crippen LogP contribution >= 0.6 is 12.2 Å². The summed E-state index contributed by atoms with van der Waals surface area (Å²) in [7, 11) is -3.46. The second kappa shape index (κ2) is 10.5. The Hall–Kier alpha value is -2.74. The quantitative estimate of drug-likeness (QED) is 0.477. The van der Waals surface area contributed by atoms with Crippen LogP contribution in [0, 0.1) is 5.92 Å². The van der Waals surface area contributed by atoms with Crippen LogP contribution in [0.5, 0.6) is 0 Å². The average Bonchev–Trinajstić information content (AvgIpc) is 2.84. The number of hydrogen-bond acceptors (Lipinski definition) is 3. The number of anilines is 1. The number of benzene rings is 3. The minimum absolute atomic E-state index is 0.103. The molecular formula is C26H29N3O2S2. The Morgan fingerprint density at radius 2 is 1.39 bits per heavy atom. The van der Waals surface area contributed by atoms with Crippen LogP contribution in [-0.2, 0) is 10.0 Å². The smallest absolute Gasteiger partial charge is 0.243 e. The maximum atomic E-state index is 13.0. The van der Waals surface area contributed by atoms with Crippen molar-refractivity contribution >= 4 is 33.0 Å². The van der Waals surface area contributed by atoms with Gasteiger partial charge in [-0.3, -0.25) is 0 Å². The molecule has 33 heavy (non-hydrogen) atoms. The van der Waals surface area contributed by atoms with E-state index < -0.39 is 10.0 Å². The van der Waals surface area contributed by atoms with Gasteiger partial charge in [-0.1, -0.05) is 67.6 Å². The van der Waals surface area contributed by atoms with Gasteiger partial charge in [-0.05, 0) is 66.4 Å². The topological polar surface area (TPSA) is 61.4 Å². The molecule has 0 bridgehead atoms. The lowest BCUT2D eigenvalue weighted by Gasteiger charge is -2.29. The molecule has 1 aliphatic heterocycles. The van der Waals surface area contributed by atoms with Crippen LogP contribution in [0.1, 0.15) is 36.9 Å². The van der Waals surface area contributed by atoms with Crippen molar-refractivity contribution in [2.24, 2.45) is 5.92 Å². The maximum absolute atomic E-state index is 13.0. The average molecular weight is 480 g/mol. The fraction of sp³-hybridized carbons (Fsp3) is 0.269. The van der Waals surface area contributed by atoms with Crippen LogP contribution in [-0.4, -0.2) is 30.9 Å². The fourth-order valence-corrected chi connectivity index (χ4v) is 5.74. The van der Waals surface area contributed by atoms with Gasteiger partial charge in [-0.15, -0.1) is 0 Å². The van der Waals surface area contributed by atoms with Gasteiger partial charge >= 0.3 is 0 Å². The minimum atomic E-state index is -3.46. The fourth-order valence-electron chi connectivity index (χ4n) is 4.03. The normalized spacial score (nSPS) is 15.3. The molecule has 3 aromatic carbocycles. The van der Waals surface area contributed by atoms with Crippen LogP contribution in [0.25, 0.3) is 0 Å². The highest BCUT2D eigenvalue weighted by Gasteiger charge is 2.28. The lowest BCUT2D eigenvalue weighted by Crippen LogP contribution is -2.37. The largest absolute Gasteiger partial charge is 0.352 e. The number of sulfonamides is 1. The maximum Gasteiger partial charge on any atom is 0.243 e. The molecule has 4 rings (SSSR count). The van der Waals surface area contributed by atoms with Crippen molar-refractivity contribution in [1.82, 2.24) is 9.62 Å². The van der Waals surface area contributed by atoms with Crippen LogP contribution in [0.4, 0.5) is 5.69 Å². The van der Waals surface area contributed by atoms with Gasteiger partial charge in [0.15, 0.2) is 5.11 Å². The molecule has 0 unspecified atom stereocenters. The van der Waals surface area contributed by atoms with Gasteiger partial charge in [0, 0.05) is 18.8 Å². The molecule has 1 aliphatic rings. The standard InChI is InChI=1S/C26H29N3O2S2/c1-20-16-18-29(19-17-20)33(30,31)24-14-12-23(13-15-24)27-26(32)28-25(21-8-4-2-5-9-21)22-10-6-3-7-11-22/h2-15,20,25H,16-19H2,1H3,(H2,27,28,32). The molecule has 172 valence electrons. The number of nitrogens with zero attached hydrogens (tertiary/aromatic N) is 1. The van der Waals surface area contributed by atoms with Gasteiger partial charge in [-0.25, -0.2) is 8.42 Å². The van der Waals surface area contributed by atoms with E-state index in [-0.39, 0.29) is 6.04 Å². The Morgan fingerprint density at radius 3 is 1.91 bits per heavy atom. The molecule has 1 heterocycles. The van der Waals surface area contributed by atoms with Gasteiger partial charge in [-0.2, -0.15) is 4.31 Å². The zero-order valence-corrected chi connectivity index (χ0v) is 20.3. The van der Waals surface area contributed by atoms with E-state index in [1.54, 1.807) is 28.6 Å². The summed E-state index contributed by atoms with van der Waals surface area (Å²) in [5, 5.41) is 7.05. The van der Waals surface area contributed by atoms with Crippen LogP contribution in [0.15, 0.2) is 89.8 Å². The summed E-state index contributed by atoms with van der Waals surface area (Å²) in [4.78, 5) is 0.313. The Bertz CT molecular complexity index is 1120. The van der Waals surface area contributed by atoms with Crippen molar-refractivity contribution in [3.8, 4) is 0 Å². The number of thiocarbonyl (C=S) groups is 1. The summed E-state index contributed by atoms with van der Waals surface area (Å²) < 4.78 is 27.5. The molecule has 0 atom stereocenters. The highest BCUT2D eigenvalue weighted by molar-refractivity contribution is 7.89. The molecule has 5 nitrogen and oxygen atoms in total.